The number of nitrogens with zero attached hydrogens (tertiary/aromatic N) is 2. The summed E-state index contributed by atoms with van der Waals surface area (Å²) in [5, 5.41) is 4.34. The second kappa shape index (κ2) is 17.9. The highest BCUT2D eigenvalue weighted by Crippen LogP contribution is 2.08. The van der Waals surface area contributed by atoms with E-state index in [-0.39, 0.29) is 5.78 Å². The van der Waals surface area contributed by atoms with Crippen molar-refractivity contribution in [2.24, 2.45) is 0 Å². The van der Waals surface area contributed by atoms with E-state index in [0.717, 1.165) is 13.0 Å². The van der Waals surface area contributed by atoms with Gasteiger partial charge in [0.2, 0.25) is 0 Å². The van der Waals surface area contributed by atoms with Crippen LogP contribution < -0.4 is 0 Å². The van der Waals surface area contributed by atoms with Crippen LogP contribution in [0.25, 0.3) is 0 Å². The Labute approximate surface area is 126 Å². The zero-order chi connectivity index (χ0) is 16.6. The van der Waals surface area contributed by atoms with Crippen LogP contribution in [0.3, 0.4) is 0 Å². The zero-order valence-corrected chi connectivity index (χ0v) is 15.2. The standard InChI is InChI=1S/C10H18N2.C3H6O.2C2H6/c1-4-6-7-12-10(5-2)9(3)8-11-12;1-3(2)4;2*1-2/h8H,4-7H2,1-3H3;1-2H3;2*1-2H3. The average molecular weight is 284 g/mol. The molecule has 0 bridgehead atoms. The maximum atomic E-state index is 9.44. The van der Waals surface area contributed by atoms with Gasteiger partial charge in [-0.3, -0.25) is 4.68 Å². The number of carbonyl (C=O) groups excluding carboxylic acids is 1. The Morgan fingerprint density at radius 3 is 1.95 bits per heavy atom. The van der Waals surface area contributed by atoms with Crippen molar-refractivity contribution >= 4 is 5.78 Å². The third-order valence-corrected chi connectivity index (χ3v) is 2.22. The molecule has 1 heterocycles. The van der Waals surface area contributed by atoms with Gasteiger partial charge in [0.15, 0.2) is 0 Å². The van der Waals surface area contributed by atoms with Gasteiger partial charge >= 0.3 is 0 Å². The Balaban J connectivity index is -0.000000306. The molecule has 0 aliphatic heterocycles. The molecular formula is C17H36N2O. The van der Waals surface area contributed by atoms with Crippen molar-refractivity contribution in [1.29, 1.82) is 0 Å². The van der Waals surface area contributed by atoms with Crippen molar-refractivity contribution in [3.05, 3.63) is 17.5 Å². The van der Waals surface area contributed by atoms with Gasteiger partial charge in [-0.05, 0) is 39.2 Å². The van der Waals surface area contributed by atoms with Gasteiger partial charge in [0.25, 0.3) is 0 Å². The smallest absolute Gasteiger partial charge is 0.126 e. The van der Waals surface area contributed by atoms with Crippen molar-refractivity contribution < 1.29 is 4.79 Å². The summed E-state index contributed by atoms with van der Waals surface area (Å²) in [5.41, 5.74) is 2.72. The maximum Gasteiger partial charge on any atom is 0.126 e. The van der Waals surface area contributed by atoms with Crippen molar-refractivity contribution in [1.82, 2.24) is 9.78 Å². The number of rotatable bonds is 4. The Hall–Kier alpha value is -1.12. The van der Waals surface area contributed by atoms with Gasteiger partial charge in [0.05, 0.1) is 6.20 Å². The van der Waals surface area contributed by atoms with E-state index in [1.54, 1.807) is 0 Å². The number of hydrogen-bond acceptors (Lipinski definition) is 2. The second-order valence-electron chi connectivity index (χ2n) is 4.11. The monoisotopic (exact) mass is 284 g/mol. The Kier molecular flexibility index (Phi) is 21.4. The summed E-state index contributed by atoms with van der Waals surface area (Å²) in [5.74, 6) is 0.167. The van der Waals surface area contributed by atoms with Crippen LogP contribution in [-0.2, 0) is 17.8 Å². The molecule has 0 amide bonds. The maximum absolute atomic E-state index is 9.44. The van der Waals surface area contributed by atoms with E-state index in [2.05, 4.69) is 30.6 Å². The molecule has 0 saturated carbocycles. The number of unbranched alkanes of at least 4 members (excludes halogenated alkanes) is 1. The number of aryl methyl sites for hydroxylation is 2. The van der Waals surface area contributed by atoms with Crippen LogP contribution in [0.5, 0.6) is 0 Å². The third kappa shape index (κ3) is 13.3. The van der Waals surface area contributed by atoms with Crippen molar-refractivity contribution in [2.75, 3.05) is 0 Å². The van der Waals surface area contributed by atoms with Crippen LogP contribution in [0, 0.1) is 6.92 Å². The molecule has 0 saturated heterocycles. The lowest BCUT2D eigenvalue weighted by atomic mass is 10.2. The lowest BCUT2D eigenvalue weighted by Crippen LogP contribution is -2.04. The summed E-state index contributed by atoms with van der Waals surface area (Å²) in [6.45, 7) is 18.7. The summed E-state index contributed by atoms with van der Waals surface area (Å²) in [7, 11) is 0. The van der Waals surface area contributed by atoms with Gasteiger partial charge in [0.1, 0.15) is 5.78 Å². The molecule has 1 aromatic rings. The Morgan fingerprint density at radius 1 is 1.15 bits per heavy atom. The first-order valence-corrected chi connectivity index (χ1v) is 8.01. The predicted octanol–water partition coefficient (Wildman–Crippen LogP) is 5.20. The predicted molar refractivity (Wildman–Crippen MR) is 90.3 cm³/mol. The van der Waals surface area contributed by atoms with E-state index in [0.29, 0.717) is 0 Å². The van der Waals surface area contributed by atoms with E-state index in [9.17, 15) is 4.79 Å². The largest absolute Gasteiger partial charge is 0.300 e. The van der Waals surface area contributed by atoms with Gasteiger partial charge in [-0.15, -0.1) is 0 Å². The molecule has 0 fully saturated rings. The number of ketones is 1. The van der Waals surface area contributed by atoms with Crippen molar-refractivity contribution in [2.45, 2.75) is 88.1 Å². The summed E-state index contributed by atoms with van der Waals surface area (Å²) >= 11 is 0. The number of carbonyl (C=O) groups is 1. The molecule has 3 heteroatoms. The Morgan fingerprint density at radius 2 is 1.60 bits per heavy atom. The zero-order valence-electron chi connectivity index (χ0n) is 15.2. The van der Waals surface area contributed by atoms with Crippen molar-refractivity contribution in [3.8, 4) is 0 Å². The van der Waals surface area contributed by atoms with Gasteiger partial charge in [-0.25, -0.2) is 0 Å². The molecule has 0 radical (unpaired) electrons. The summed E-state index contributed by atoms with van der Waals surface area (Å²) in [6.07, 6.45) is 5.53. The van der Waals surface area contributed by atoms with E-state index in [1.807, 2.05) is 33.9 Å². The van der Waals surface area contributed by atoms with Crippen LogP contribution in [0.15, 0.2) is 6.20 Å². The fourth-order valence-electron chi connectivity index (χ4n) is 1.47. The minimum atomic E-state index is 0.167. The fraction of sp³-hybridized carbons (Fsp3) is 0.765. The van der Waals surface area contributed by atoms with Gasteiger partial charge < -0.3 is 4.79 Å². The SMILES string of the molecule is CC.CC.CC(C)=O.CCCCn1ncc(C)c1CC. The number of hydrogen-bond donors (Lipinski definition) is 0. The summed E-state index contributed by atoms with van der Waals surface area (Å²) < 4.78 is 2.14. The molecule has 0 atom stereocenters. The molecule has 3 nitrogen and oxygen atoms in total. The van der Waals surface area contributed by atoms with E-state index in [1.165, 1.54) is 37.9 Å². The molecule has 0 aliphatic rings. The summed E-state index contributed by atoms with van der Waals surface area (Å²) in [4.78, 5) is 9.44. The molecule has 0 aromatic carbocycles. The Bertz CT molecular complexity index is 313. The molecular weight excluding hydrogens is 248 g/mol. The van der Waals surface area contributed by atoms with Crippen LogP contribution in [-0.4, -0.2) is 15.6 Å². The molecule has 0 aliphatic carbocycles. The van der Waals surface area contributed by atoms with Gasteiger partial charge in [0, 0.05) is 12.2 Å². The topological polar surface area (TPSA) is 34.9 Å². The van der Waals surface area contributed by atoms with Gasteiger partial charge in [-0.1, -0.05) is 48.0 Å². The molecule has 20 heavy (non-hydrogen) atoms. The van der Waals surface area contributed by atoms with E-state index in [4.69, 9.17) is 0 Å². The summed E-state index contributed by atoms with van der Waals surface area (Å²) in [6, 6.07) is 0. The fourth-order valence-corrected chi connectivity index (χ4v) is 1.47. The third-order valence-electron chi connectivity index (χ3n) is 2.22. The quantitative estimate of drug-likeness (QED) is 0.761. The molecule has 1 aromatic heterocycles. The van der Waals surface area contributed by atoms with Crippen LogP contribution >= 0.6 is 0 Å². The first kappa shape index (κ1) is 23.9. The van der Waals surface area contributed by atoms with E-state index < -0.39 is 0 Å². The lowest BCUT2D eigenvalue weighted by molar-refractivity contribution is -0.114. The molecule has 0 unspecified atom stereocenters. The highest BCUT2D eigenvalue weighted by molar-refractivity contribution is 5.72. The minimum Gasteiger partial charge on any atom is -0.300 e. The highest BCUT2D eigenvalue weighted by Gasteiger charge is 2.03. The minimum absolute atomic E-state index is 0.167. The van der Waals surface area contributed by atoms with Crippen LogP contribution in [0.2, 0.25) is 0 Å². The molecule has 1 rings (SSSR count). The first-order valence-electron chi connectivity index (χ1n) is 8.01. The lowest BCUT2D eigenvalue weighted by Gasteiger charge is -2.04. The molecule has 120 valence electrons. The van der Waals surface area contributed by atoms with Crippen LogP contribution in [0.4, 0.5) is 0 Å². The van der Waals surface area contributed by atoms with Crippen molar-refractivity contribution in [3.63, 3.8) is 0 Å². The molecule has 0 spiro atoms. The number of Topliss-reactive ketones (excluding diaryl/α,β-unsaturated/α-hetero) is 1. The van der Waals surface area contributed by atoms with E-state index >= 15 is 0 Å². The second-order valence-corrected chi connectivity index (χ2v) is 4.11. The highest BCUT2D eigenvalue weighted by atomic mass is 16.1. The average Bonchev–Trinajstić information content (AvgIpc) is 2.80. The van der Waals surface area contributed by atoms with Crippen LogP contribution in [0.1, 0.15) is 79.5 Å². The molecule has 0 N–H and O–H groups in total. The normalized spacial score (nSPS) is 8.25. The first-order chi connectivity index (χ1) is 9.52. The number of aromatic nitrogens is 2. The van der Waals surface area contributed by atoms with Gasteiger partial charge in [-0.2, -0.15) is 5.10 Å².